The van der Waals surface area contributed by atoms with Crippen molar-refractivity contribution >= 4 is 23.5 Å². The summed E-state index contributed by atoms with van der Waals surface area (Å²) in [6, 6.07) is 22.5. The number of carbonyl (C=O) groups is 1. The van der Waals surface area contributed by atoms with Crippen molar-refractivity contribution in [2.45, 2.75) is 13.8 Å². The van der Waals surface area contributed by atoms with Gasteiger partial charge >= 0.3 is 0 Å². The maximum Gasteiger partial charge on any atom is 0.282 e. The van der Waals surface area contributed by atoms with Gasteiger partial charge in [0.05, 0.1) is 26.0 Å². The van der Waals surface area contributed by atoms with Crippen LogP contribution in [0.3, 0.4) is 0 Å². The van der Waals surface area contributed by atoms with E-state index in [4.69, 9.17) is 19.2 Å². The van der Waals surface area contributed by atoms with E-state index in [0.29, 0.717) is 30.4 Å². The van der Waals surface area contributed by atoms with Crippen molar-refractivity contribution in [3.63, 3.8) is 0 Å². The van der Waals surface area contributed by atoms with E-state index in [0.717, 1.165) is 28.4 Å². The lowest BCUT2D eigenvalue weighted by atomic mass is 10.1. The summed E-state index contributed by atoms with van der Waals surface area (Å²) in [5.74, 6) is 2.64. The molecule has 0 bridgehead atoms. The van der Waals surface area contributed by atoms with Gasteiger partial charge in [-0.25, -0.2) is 4.99 Å². The summed E-state index contributed by atoms with van der Waals surface area (Å²) in [6.07, 6.45) is 1.79. The molecule has 0 aliphatic carbocycles. The number of rotatable bonds is 8. The van der Waals surface area contributed by atoms with Crippen LogP contribution in [0.25, 0.3) is 6.08 Å². The van der Waals surface area contributed by atoms with E-state index in [-0.39, 0.29) is 5.91 Å². The fraction of sp³-hybridized carbons (Fsp3) is 0.185. The molecule has 3 aromatic carbocycles. The van der Waals surface area contributed by atoms with Crippen LogP contribution >= 0.6 is 0 Å². The Kier molecular flexibility index (Phi) is 6.74. The fourth-order valence-corrected chi connectivity index (χ4v) is 3.53. The summed E-state index contributed by atoms with van der Waals surface area (Å²) in [6.45, 7) is 5.06. The van der Waals surface area contributed by atoms with Gasteiger partial charge < -0.3 is 14.2 Å². The highest BCUT2D eigenvalue weighted by Crippen LogP contribution is 2.30. The molecule has 1 aliphatic rings. The SMILES string of the molecule is CCOc1ccc(/C=C2/N=C(c3ccc(OC)cc3)N(c3ccc(OCC)cc3)C2=O)cc1. The molecule has 6 nitrogen and oxygen atoms in total. The van der Waals surface area contributed by atoms with Crippen molar-refractivity contribution in [3.8, 4) is 17.2 Å². The number of benzene rings is 3. The molecule has 0 fully saturated rings. The van der Waals surface area contributed by atoms with Crippen molar-refractivity contribution in [2.75, 3.05) is 25.2 Å². The number of amides is 1. The van der Waals surface area contributed by atoms with Crippen LogP contribution in [0.5, 0.6) is 17.2 Å². The minimum atomic E-state index is -0.195. The Hall–Kier alpha value is -4.06. The number of anilines is 1. The normalized spacial score (nSPS) is 14.4. The van der Waals surface area contributed by atoms with Gasteiger partial charge in [0.1, 0.15) is 28.8 Å². The van der Waals surface area contributed by atoms with Crippen LogP contribution in [-0.4, -0.2) is 32.1 Å². The van der Waals surface area contributed by atoms with Gasteiger partial charge in [-0.05, 0) is 86.2 Å². The van der Waals surface area contributed by atoms with Gasteiger partial charge in [-0.1, -0.05) is 12.1 Å². The van der Waals surface area contributed by atoms with Gasteiger partial charge in [0.2, 0.25) is 0 Å². The molecule has 6 heteroatoms. The Morgan fingerprint density at radius 1 is 0.788 bits per heavy atom. The van der Waals surface area contributed by atoms with Crippen LogP contribution in [0.4, 0.5) is 5.69 Å². The third-order valence-electron chi connectivity index (χ3n) is 5.11. The Bertz CT molecular complexity index is 1160. The average molecular weight is 443 g/mol. The highest BCUT2D eigenvalue weighted by atomic mass is 16.5. The van der Waals surface area contributed by atoms with Gasteiger partial charge in [-0.3, -0.25) is 9.69 Å². The number of ether oxygens (including phenoxy) is 3. The van der Waals surface area contributed by atoms with Gasteiger partial charge in [0.25, 0.3) is 5.91 Å². The third kappa shape index (κ3) is 4.90. The van der Waals surface area contributed by atoms with Gasteiger partial charge in [-0.15, -0.1) is 0 Å². The first-order valence-corrected chi connectivity index (χ1v) is 10.9. The zero-order chi connectivity index (χ0) is 23.2. The van der Waals surface area contributed by atoms with E-state index >= 15 is 0 Å². The summed E-state index contributed by atoms with van der Waals surface area (Å²) in [4.78, 5) is 19.8. The number of methoxy groups -OCH3 is 1. The minimum absolute atomic E-state index is 0.195. The van der Waals surface area contributed by atoms with Crippen LogP contribution in [-0.2, 0) is 4.79 Å². The highest BCUT2D eigenvalue weighted by molar-refractivity contribution is 6.33. The standard InChI is InChI=1S/C27H26N2O4/c1-4-32-23-12-6-19(7-13-23)18-25-27(30)29(21-10-16-24(17-11-21)33-5-2)26(28-25)20-8-14-22(31-3)15-9-20/h6-18H,4-5H2,1-3H3/b25-18+. The summed E-state index contributed by atoms with van der Waals surface area (Å²) in [5.41, 5.74) is 2.76. The number of nitrogens with zero attached hydrogens (tertiary/aromatic N) is 2. The quantitative estimate of drug-likeness (QED) is 0.443. The van der Waals surface area contributed by atoms with Crippen molar-refractivity contribution in [3.05, 3.63) is 89.6 Å². The zero-order valence-electron chi connectivity index (χ0n) is 18.9. The lowest BCUT2D eigenvalue weighted by molar-refractivity contribution is -0.113. The van der Waals surface area contributed by atoms with Crippen LogP contribution in [0.2, 0.25) is 0 Å². The first kappa shape index (κ1) is 22.1. The molecule has 3 aromatic rings. The third-order valence-corrected chi connectivity index (χ3v) is 5.11. The second-order valence-electron chi connectivity index (χ2n) is 7.26. The molecule has 168 valence electrons. The summed E-state index contributed by atoms with van der Waals surface area (Å²) in [7, 11) is 1.62. The Morgan fingerprint density at radius 2 is 1.33 bits per heavy atom. The molecule has 1 aliphatic heterocycles. The summed E-state index contributed by atoms with van der Waals surface area (Å²) < 4.78 is 16.3. The predicted molar refractivity (Wildman–Crippen MR) is 130 cm³/mol. The average Bonchev–Trinajstić information content (AvgIpc) is 3.17. The van der Waals surface area contributed by atoms with Crippen LogP contribution in [0, 0.1) is 0 Å². The fourth-order valence-electron chi connectivity index (χ4n) is 3.53. The van der Waals surface area contributed by atoms with E-state index in [9.17, 15) is 4.79 Å². The zero-order valence-corrected chi connectivity index (χ0v) is 18.9. The molecule has 0 saturated carbocycles. The molecule has 0 radical (unpaired) electrons. The number of carbonyl (C=O) groups excluding carboxylic acids is 1. The summed E-state index contributed by atoms with van der Waals surface area (Å²) >= 11 is 0. The van der Waals surface area contributed by atoms with E-state index in [1.165, 1.54) is 0 Å². The molecule has 1 heterocycles. The monoisotopic (exact) mass is 442 g/mol. The molecular weight excluding hydrogens is 416 g/mol. The van der Waals surface area contributed by atoms with Crippen LogP contribution in [0.1, 0.15) is 25.0 Å². The first-order chi connectivity index (χ1) is 16.1. The van der Waals surface area contributed by atoms with Crippen LogP contribution in [0.15, 0.2) is 83.5 Å². The molecule has 4 rings (SSSR count). The molecule has 0 saturated heterocycles. The van der Waals surface area contributed by atoms with Crippen molar-refractivity contribution in [1.82, 2.24) is 0 Å². The molecule has 0 aromatic heterocycles. The molecule has 0 spiro atoms. The Labute approximate surface area is 193 Å². The van der Waals surface area contributed by atoms with Crippen molar-refractivity contribution in [1.29, 1.82) is 0 Å². The Balaban J connectivity index is 1.72. The maximum absolute atomic E-state index is 13.5. The van der Waals surface area contributed by atoms with Crippen LogP contribution < -0.4 is 19.1 Å². The molecule has 0 N–H and O–H groups in total. The van der Waals surface area contributed by atoms with E-state index in [1.807, 2.05) is 86.6 Å². The largest absolute Gasteiger partial charge is 0.497 e. The molecule has 33 heavy (non-hydrogen) atoms. The van der Waals surface area contributed by atoms with Gasteiger partial charge in [0, 0.05) is 5.56 Å². The number of aliphatic imine (C=N–C) groups is 1. The molecule has 0 unspecified atom stereocenters. The van der Waals surface area contributed by atoms with Crippen molar-refractivity contribution < 1.29 is 19.0 Å². The molecule has 0 atom stereocenters. The first-order valence-electron chi connectivity index (χ1n) is 10.9. The molecule has 1 amide bonds. The van der Waals surface area contributed by atoms with E-state index in [2.05, 4.69) is 0 Å². The topological polar surface area (TPSA) is 60.4 Å². The highest BCUT2D eigenvalue weighted by Gasteiger charge is 2.32. The second kappa shape index (κ2) is 10.0. The second-order valence-corrected chi connectivity index (χ2v) is 7.26. The van der Waals surface area contributed by atoms with E-state index in [1.54, 1.807) is 18.1 Å². The Morgan fingerprint density at radius 3 is 1.88 bits per heavy atom. The lowest BCUT2D eigenvalue weighted by Gasteiger charge is -2.19. The predicted octanol–water partition coefficient (Wildman–Crippen LogP) is 5.33. The maximum atomic E-state index is 13.5. The summed E-state index contributed by atoms with van der Waals surface area (Å²) in [5, 5.41) is 0. The number of hydrogen-bond donors (Lipinski definition) is 0. The van der Waals surface area contributed by atoms with Crippen molar-refractivity contribution in [2.24, 2.45) is 4.99 Å². The lowest BCUT2D eigenvalue weighted by Crippen LogP contribution is -2.32. The van der Waals surface area contributed by atoms with Gasteiger partial charge in [0.15, 0.2) is 0 Å². The smallest absolute Gasteiger partial charge is 0.282 e. The van der Waals surface area contributed by atoms with Gasteiger partial charge in [-0.2, -0.15) is 0 Å². The molecular formula is C27H26N2O4. The van der Waals surface area contributed by atoms with E-state index < -0.39 is 0 Å². The number of amidine groups is 1. The minimum Gasteiger partial charge on any atom is -0.497 e. The number of hydrogen-bond acceptors (Lipinski definition) is 5.